The molecule has 0 aromatic heterocycles. The second kappa shape index (κ2) is 14.6. The van der Waals surface area contributed by atoms with Crippen LogP contribution in [0, 0.1) is 18.4 Å². The van der Waals surface area contributed by atoms with Gasteiger partial charge in [0, 0.05) is 12.5 Å². The maximum absolute atomic E-state index is 14.0. The Balaban J connectivity index is 2.52. The number of hydrogen-bond donors (Lipinski definition) is 3. The summed E-state index contributed by atoms with van der Waals surface area (Å²) in [5.74, 6) is -2.67. The average molecular weight is 594 g/mol. The van der Waals surface area contributed by atoms with Gasteiger partial charge < -0.3 is 25.2 Å². The largest absolute Gasteiger partial charge is 0.508 e. The minimum Gasteiger partial charge on any atom is -0.508 e. The molecule has 0 radical (unpaired) electrons. The summed E-state index contributed by atoms with van der Waals surface area (Å²) in [5.41, 5.74) is -0.606. The highest BCUT2D eigenvalue weighted by Gasteiger charge is 2.39. The molecule has 2 aromatic rings. The van der Waals surface area contributed by atoms with Gasteiger partial charge in [0.05, 0.1) is 0 Å². The number of carbonyl (C=O) groups is 4. The monoisotopic (exact) mass is 593 g/mol. The van der Waals surface area contributed by atoms with E-state index in [0.717, 1.165) is 10.5 Å². The third-order valence-electron chi connectivity index (χ3n) is 5.99. The molecule has 0 fully saturated rings. The minimum atomic E-state index is -1.43. The van der Waals surface area contributed by atoms with E-state index in [2.05, 4.69) is 16.7 Å². The minimum absolute atomic E-state index is 0.0659. The van der Waals surface area contributed by atoms with Gasteiger partial charge in [0.1, 0.15) is 35.1 Å². The molecule has 10 heteroatoms. The number of benzene rings is 2. The molecule has 0 saturated heterocycles. The van der Waals surface area contributed by atoms with Crippen LogP contribution in [0.2, 0.25) is 0 Å². The Kier molecular flexibility index (Phi) is 11.8. The Labute approximate surface area is 254 Å². The van der Waals surface area contributed by atoms with Crippen LogP contribution in [0.3, 0.4) is 0 Å². The molecule has 2 aromatic carbocycles. The summed E-state index contributed by atoms with van der Waals surface area (Å²) >= 11 is 0. The van der Waals surface area contributed by atoms with Crippen molar-refractivity contribution in [1.82, 2.24) is 15.5 Å². The van der Waals surface area contributed by atoms with Gasteiger partial charge in [-0.2, -0.15) is 0 Å². The number of hydrogen-bond acceptors (Lipinski definition) is 7. The summed E-state index contributed by atoms with van der Waals surface area (Å²) in [6.45, 7) is 13.6. The summed E-state index contributed by atoms with van der Waals surface area (Å²) in [5, 5.41) is 15.2. The number of amides is 3. The van der Waals surface area contributed by atoms with Crippen LogP contribution in [0.25, 0.3) is 0 Å². The molecule has 10 nitrogen and oxygen atoms in total. The molecule has 0 spiro atoms. The number of aromatic hydroxyl groups is 1. The highest BCUT2D eigenvalue weighted by molar-refractivity contribution is 5.95. The molecule has 2 rings (SSSR count). The fourth-order valence-electron chi connectivity index (χ4n) is 4.10. The Hall–Kier alpha value is -4.52. The number of rotatable bonds is 10. The zero-order valence-electron chi connectivity index (χ0n) is 26.1. The maximum Gasteiger partial charge on any atom is 0.408 e. The molecular weight excluding hydrogens is 550 g/mol. The lowest BCUT2D eigenvalue weighted by atomic mass is 9.98. The fraction of sp³-hybridized carbons (Fsp3) is 0.455. The van der Waals surface area contributed by atoms with Gasteiger partial charge in [-0.05, 0) is 70.7 Å². The lowest BCUT2D eigenvalue weighted by Crippen LogP contribution is -2.55. The first kappa shape index (κ1) is 34.7. The van der Waals surface area contributed by atoms with Crippen LogP contribution in [0.15, 0.2) is 54.6 Å². The number of nitrogens with zero attached hydrogens (tertiary/aromatic N) is 1. The molecule has 3 atom stereocenters. The number of phenolic OH excluding ortho intramolecular Hbond substituents is 1. The van der Waals surface area contributed by atoms with Gasteiger partial charge in [0.2, 0.25) is 5.91 Å². The van der Waals surface area contributed by atoms with Gasteiger partial charge in [-0.1, -0.05) is 62.7 Å². The standard InChI is InChI=1S/C33H43N3O7/c1-10-36(29(39)26(21(2)3)35-31(41)43-33(7,8)9)27(23-16-18-24(37)19-17-23)28(38)34-25(30(40)42-32(4,5)6)20-22-14-12-11-13-15-22/h1,11-19,21,25-27,37H,20H2,2-9H3,(H,34,38)(H,35,41). The molecule has 0 aliphatic heterocycles. The lowest BCUT2D eigenvalue weighted by Gasteiger charge is -2.32. The Morgan fingerprint density at radius 1 is 0.884 bits per heavy atom. The first-order valence-corrected chi connectivity index (χ1v) is 14.1. The Morgan fingerprint density at radius 2 is 1.44 bits per heavy atom. The molecule has 43 heavy (non-hydrogen) atoms. The van der Waals surface area contributed by atoms with E-state index < -0.39 is 59.1 Å². The fourth-order valence-corrected chi connectivity index (χ4v) is 4.10. The number of esters is 1. The van der Waals surface area contributed by atoms with Crippen molar-refractivity contribution in [2.24, 2.45) is 5.92 Å². The number of alkyl carbamates (subject to hydrolysis) is 1. The van der Waals surface area contributed by atoms with E-state index in [4.69, 9.17) is 15.9 Å². The van der Waals surface area contributed by atoms with Crippen molar-refractivity contribution in [1.29, 1.82) is 0 Å². The predicted molar refractivity (Wildman–Crippen MR) is 162 cm³/mol. The van der Waals surface area contributed by atoms with Crippen LogP contribution in [-0.4, -0.2) is 57.2 Å². The number of phenols is 1. The number of ether oxygens (including phenoxy) is 2. The quantitative estimate of drug-likeness (QED) is 0.210. The van der Waals surface area contributed by atoms with Gasteiger partial charge >= 0.3 is 12.1 Å². The van der Waals surface area contributed by atoms with Crippen molar-refractivity contribution in [3.05, 3.63) is 65.7 Å². The van der Waals surface area contributed by atoms with E-state index >= 15 is 0 Å². The topological polar surface area (TPSA) is 134 Å². The summed E-state index contributed by atoms with van der Waals surface area (Å²) in [6.07, 6.45) is 5.13. The molecule has 0 saturated carbocycles. The van der Waals surface area contributed by atoms with Crippen LogP contribution < -0.4 is 10.6 Å². The first-order chi connectivity index (χ1) is 19.9. The van der Waals surface area contributed by atoms with E-state index in [1.165, 1.54) is 24.3 Å². The Morgan fingerprint density at radius 3 is 1.93 bits per heavy atom. The summed E-state index contributed by atoms with van der Waals surface area (Å²) in [6, 6.07) is 13.3. The second-order valence-corrected chi connectivity index (χ2v) is 12.5. The van der Waals surface area contributed by atoms with Gasteiger partial charge in [-0.25, -0.2) is 9.59 Å². The molecule has 0 bridgehead atoms. The van der Waals surface area contributed by atoms with Gasteiger partial charge in [0.15, 0.2) is 0 Å². The molecule has 232 valence electrons. The van der Waals surface area contributed by atoms with Crippen LogP contribution in [-0.2, 0) is 30.3 Å². The van der Waals surface area contributed by atoms with Crippen molar-refractivity contribution in [2.45, 2.75) is 91.1 Å². The second-order valence-electron chi connectivity index (χ2n) is 12.5. The molecule has 0 aliphatic carbocycles. The highest BCUT2D eigenvalue weighted by atomic mass is 16.6. The zero-order chi connectivity index (χ0) is 32.5. The van der Waals surface area contributed by atoms with Crippen LogP contribution >= 0.6 is 0 Å². The van der Waals surface area contributed by atoms with E-state index in [-0.39, 0.29) is 17.7 Å². The molecule has 0 aliphatic rings. The van der Waals surface area contributed by atoms with Crippen LogP contribution in [0.5, 0.6) is 5.75 Å². The van der Waals surface area contributed by atoms with Crippen molar-refractivity contribution < 1.29 is 33.8 Å². The predicted octanol–water partition coefficient (Wildman–Crippen LogP) is 4.47. The van der Waals surface area contributed by atoms with E-state index in [1.54, 1.807) is 55.4 Å². The van der Waals surface area contributed by atoms with Crippen LogP contribution in [0.1, 0.15) is 72.6 Å². The summed E-state index contributed by atoms with van der Waals surface area (Å²) in [4.78, 5) is 54.6. The molecule has 3 N–H and O–H groups in total. The zero-order valence-corrected chi connectivity index (χ0v) is 26.1. The molecular formula is C33H43N3O7. The van der Waals surface area contributed by atoms with Crippen molar-refractivity contribution in [3.63, 3.8) is 0 Å². The van der Waals surface area contributed by atoms with Crippen LogP contribution in [0.4, 0.5) is 4.79 Å². The normalized spacial score (nSPS) is 13.6. The smallest absolute Gasteiger partial charge is 0.408 e. The number of carbonyl (C=O) groups excluding carboxylic acids is 4. The number of nitrogens with one attached hydrogen (secondary N) is 2. The number of terminal acetylenes is 1. The lowest BCUT2D eigenvalue weighted by molar-refractivity contribution is -0.159. The van der Waals surface area contributed by atoms with Gasteiger partial charge in [0.25, 0.3) is 5.91 Å². The van der Waals surface area contributed by atoms with E-state index in [0.29, 0.717) is 0 Å². The third-order valence-corrected chi connectivity index (χ3v) is 5.99. The summed E-state index contributed by atoms with van der Waals surface area (Å²) in [7, 11) is 0. The first-order valence-electron chi connectivity index (χ1n) is 14.1. The third kappa shape index (κ3) is 11.0. The molecule has 0 heterocycles. The molecule has 3 unspecified atom stereocenters. The van der Waals surface area contributed by atoms with E-state index in [1.807, 2.05) is 30.3 Å². The highest BCUT2D eigenvalue weighted by Crippen LogP contribution is 2.26. The van der Waals surface area contributed by atoms with Gasteiger partial charge in [-0.3, -0.25) is 14.5 Å². The van der Waals surface area contributed by atoms with Crippen molar-refractivity contribution in [2.75, 3.05) is 0 Å². The average Bonchev–Trinajstić information content (AvgIpc) is 2.88. The maximum atomic E-state index is 14.0. The van der Waals surface area contributed by atoms with E-state index in [9.17, 15) is 24.3 Å². The summed E-state index contributed by atoms with van der Waals surface area (Å²) < 4.78 is 10.9. The SMILES string of the molecule is C#CN(C(=O)C(NC(=O)OC(C)(C)C)C(C)C)C(C(=O)NC(Cc1ccccc1)C(=O)OC(C)(C)C)c1ccc(O)cc1. The molecule has 3 amide bonds. The van der Waals surface area contributed by atoms with Gasteiger partial charge in [-0.15, -0.1) is 0 Å². The van der Waals surface area contributed by atoms with Crippen molar-refractivity contribution in [3.8, 4) is 18.2 Å². The van der Waals surface area contributed by atoms with Crippen molar-refractivity contribution >= 4 is 23.9 Å². The Bertz CT molecular complexity index is 1300.